The summed E-state index contributed by atoms with van der Waals surface area (Å²) in [5.41, 5.74) is 6.84. The highest BCUT2D eigenvalue weighted by Gasteiger charge is 2.24. The van der Waals surface area contributed by atoms with Crippen LogP contribution in [0.2, 0.25) is 0 Å². The van der Waals surface area contributed by atoms with Gasteiger partial charge in [-0.1, -0.05) is 19.9 Å². The number of amides is 1. The monoisotopic (exact) mass is 327 g/mol. The molecule has 0 atom stereocenters. The summed E-state index contributed by atoms with van der Waals surface area (Å²) in [7, 11) is -3.67. The molecule has 7 heteroatoms. The van der Waals surface area contributed by atoms with E-state index < -0.39 is 15.6 Å². The number of carbonyl (C=O) groups excluding carboxylic acids is 1. The lowest BCUT2D eigenvalue weighted by molar-refractivity contribution is -0.114. The van der Waals surface area contributed by atoms with Gasteiger partial charge < -0.3 is 11.1 Å². The molecular formula is C15H25N3O3S. The maximum Gasteiger partial charge on any atom is 0.240 e. The van der Waals surface area contributed by atoms with Crippen LogP contribution in [0.5, 0.6) is 0 Å². The molecule has 4 N–H and O–H groups in total. The second-order valence-corrected chi connectivity index (χ2v) is 7.32. The summed E-state index contributed by atoms with van der Waals surface area (Å²) in [5.74, 6) is -0.247. The van der Waals surface area contributed by atoms with Crippen molar-refractivity contribution < 1.29 is 13.2 Å². The Bertz CT molecular complexity index is 637. The Kier molecular flexibility index (Phi) is 6.10. The summed E-state index contributed by atoms with van der Waals surface area (Å²) in [5, 5.41) is 2.62. The van der Waals surface area contributed by atoms with Crippen molar-refractivity contribution in [1.82, 2.24) is 4.72 Å². The van der Waals surface area contributed by atoms with Gasteiger partial charge in [-0.15, -0.1) is 0 Å². The number of nitrogens with two attached hydrogens (primary N) is 1. The zero-order valence-corrected chi connectivity index (χ0v) is 14.4. The zero-order valence-electron chi connectivity index (χ0n) is 13.6. The maximum absolute atomic E-state index is 12.4. The number of carbonyl (C=O) groups is 1. The molecule has 1 aromatic carbocycles. The van der Waals surface area contributed by atoms with Crippen molar-refractivity contribution in [2.75, 3.05) is 11.9 Å². The average molecular weight is 327 g/mol. The van der Waals surface area contributed by atoms with Gasteiger partial charge in [0.05, 0.1) is 4.90 Å². The van der Waals surface area contributed by atoms with Crippen LogP contribution < -0.4 is 15.8 Å². The molecule has 0 aliphatic heterocycles. The van der Waals surface area contributed by atoms with E-state index in [2.05, 4.69) is 10.0 Å². The smallest absolute Gasteiger partial charge is 0.240 e. The van der Waals surface area contributed by atoms with Crippen LogP contribution >= 0.6 is 0 Å². The molecule has 0 bridgehead atoms. The fourth-order valence-corrected chi connectivity index (χ4v) is 3.08. The molecule has 0 radical (unpaired) electrons. The van der Waals surface area contributed by atoms with Crippen LogP contribution in [-0.2, 0) is 14.8 Å². The second kappa shape index (κ2) is 7.21. The topological polar surface area (TPSA) is 101 Å². The molecule has 0 unspecified atom stereocenters. The summed E-state index contributed by atoms with van der Waals surface area (Å²) < 4.78 is 27.3. The van der Waals surface area contributed by atoms with Crippen LogP contribution in [0.4, 0.5) is 5.69 Å². The summed E-state index contributed by atoms with van der Waals surface area (Å²) in [6.07, 6.45) is 1.36. The van der Waals surface area contributed by atoms with E-state index in [9.17, 15) is 13.2 Å². The Morgan fingerprint density at radius 3 is 2.36 bits per heavy atom. The molecule has 22 heavy (non-hydrogen) atoms. The van der Waals surface area contributed by atoms with E-state index in [1.54, 1.807) is 13.0 Å². The van der Waals surface area contributed by atoms with E-state index in [1.807, 2.05) is 13.8 Å². The first-order valence-electron chi connectivity index (χ1n) is 7.30. The minimum Gasteiger partial charge on any atom is -0.326 e. The molecule has 0 saturated carbocycles. The van der Waals surface area contributed by atoms with Crippen LogP contribution in [0.25, 0.3) is 0 Å². The third-order valence-electron chi connectivity index (χ3n) is 3.85. The third-order valence-corrected chi connectivity index (χ3v) is 5.25. The van der Waals surface area contributed by atoms with Gasteiger partial charge in [0, 0.05) is 24.7 Å². The largest absolute Gasteiger partial charge is 0.326 e. The lowest BCUT2D eigenvalue weighted by Crippen LogP contribution is -2.49. The van der Waals surface area contributed by atoms with E-state index in [4.69, 9.17) is 5.73 Å². The van der Waals surface area contributed by atoms with Crippen LogP contribution in [0, 0.1) is 6.92 Å². The van der Waals surface area contributed by atoms with E-state index in [-0.39, 0.29) is 17.3 Å². The Balaban J connectivity index is 3.01. The number of hydrogen-bond donors (Lipinski definition) is 3. The van der Waals surface area contributed by atoms with Crippen molar-refractivity contribution in [2.45, 2.75) is 51.0 Å². The number of nitrogens with one attached hydrogen (secondary N) is 2. The van der Waals surface area contributed by atoms with Gasteiger partial charge in [-0.3, -0.25) is 4.79 Å². The molecule has 124 valence electrons. The Hall–Kier alpha value is -1.44. The summed E-state index contributed by atoms with van der Waals surface area (Å²) in [6, 6.07) is 4.63. The molecule has 0 fully saturated rings. The molecule has 1 amide bonds. The van der Waals surface area contributed by atoms with Crippen LogP contribution in [0.3, 0.4) is 0 Å². The quantitative estimate of drug-likeness (QED) is 0.710. The number of rotatable bonds is 7. The first kappa shape index (κ1) is 18.6. The Labute approximate surface area is 132 Å². The van der Waals surface area contributed by atoms with Crippen molar-refractivity contribution in [3.63, 3.8) is 0 Å². The molecule has 0 aliphatic carbocycles. The fourth-order valence-electron chi connectivity index (χ4n) is 1.91. The molecule has 0 spiro atoms. The van der Waals surface area contributed by atoms with Gasteiger partial charge in [0.1, 0.15) is 0 Å². The standard InChI is InChI=1S/C15H25N3O3S/c1-5-15(16,6-2)10-17-22(20,21)13-8-7-11(3)14(9-13)18-12(4)19/h7-9,17H,5-6,10,16H2,1-4H3,(H,18,19). The normalized spacial score (nSPS) is 12.2. The lowest BCUT2D eigenvalue weighted by atomic mass is 9.95. The first-order chi connectivity index (χ1) is 10.1. The summed E-state index contributed by atoms with van der Waals surface area (Å²) in [6.45, 7) is 7.21. The van der Waals surface area contributed by atoms with Crippen LogP contribution in [0.1, 0.15) is 39.2 Å². The van der Waals surface area contributed by atoms with Crippen molar-refractivity contribution in [3.8, 4) is 0 Å². The molecule has 0 aliphatic rings. The highest BCUT2D eigenvalue weighted by atomic mass is 32.2. The predicted molar refractivity (Wildman–Crippen MR) is 88.2 cm³/mol. The van der Waals surface area contributed by atoms with Crippen molar-refractivity contribution in [1.29, 1.82) is 0 Å². The SMILES string of the molecule is CCC(N)(CC)CNS(=O)(=O)c1ccc(C)c(NC(C)=O)c1. The van der Waals surface area contributed by atoms with Gasteiger partial charge in [0.15, 0.2) is 0 Å². The number of benzene rings is 1. The summed E-state index contributed by atoms with van der Waals surface area (Å²) in [4.78, 5) is 11.3. The predicted octanol–water partition coefficient (Wildman–Crippen LogP) is 1.75. The molecule has 0 heterocycles. The fraction of sp³-hybridized carbons (Fsp3) is 0.533. The molecule has 1 aromatic rings. The van der Waals surface area contributed by atoms with Gasteiger partial charge >= 0.3 is 0 Å². The number of hydrogen-bond acceptors (Lipinski definition) is 4. The maximum atomic E-state index is 12.4. The molecule has 1 rings (SSSR count). The van der Waals surface area contributed by atoms with Gasteiger partial charge in [-0.05, 0) is 37.5 Å². The molecule has 0 saturated heterocycles. The number of anilines is 1. The Morgan fingerprint density at radius 1 is 1.27 bits per heavy atom. The van der Waals surface area contributed by atoms with Gasteiger partial charge in [0.2, 0.25) is 15.9 Å². The second-order valence-electron chi connectivity index (χ2n) is 5.55. The van der Waals surface area contributed by atoms with Gasteiger partial charge in [-0.25, -0.2) is 13.1 Å². The Morgan fingerprint density at radius 2 is 1.86 bits per heavy atom. The van der Waals surface area contributed by atoms with E-state index in [0.717, 1.165) is 5.56 Å². The number of aryl methyl sites for hydroxylation is 1. The minimum atomic E-state index is -3.67. The van der Waals surface area contributed by atoms with E-state index >= 15 is 0 Å². The molecular weight excluding hydrogens is 302 g/mol. The van der Waals surface area contributed by atoms with Crippen molar-refractivity contribution >= 4 is 21.6 Å². The zero-order chi connectivity index (χ0) is 17.0. The molecule has 0 aromatic heterocycles. The van der Waals surface area contributed by atoms with Gasteiger partial charge in [-0.2, -0.15) is 0 Å². The lowest BCUT2D eigenvalue weighted by Gasteiger charge is -2.26. The summed E-state index contributed by atoms with van der Waals surface area (Å²) >= 11 is 0. The van der Waals surface area contributed by atoms with Crippen molar-refractivity contribution in [2.24, 2.45) is 5.73 Å². The van der Waals surface area contributed by atoms with Crippen molar-refractivity contribution in [3.05, 3.63) is 23.8 Å². The number of sulfonamides is 1. The van der Waals surface area contributed by atoms with Gasteiger partial charge in [0.25, 0.3) is 0 Å². The first-order valence-corrected chi connectivity index (χ1v) is 8.78. The van der Waals surface area contributed by atoms with E-state index in [0.29, 0.717) is 18.5 Å². The average Bonchev–Trinajstić information content (AvgIpc) is 2.46. The van der Waals surface area contributed by atoms with E-state index in [1.165, 1.54) is 19.1 Å². The molecule has 6 nitrogen and oxygen atoms in total. The highest BCUT2D eigenvalue weighted by Crippen LogP contribution is 2.20. The minimum absolute atomic E-state index is 0.108. The highest BCUT2D eigenvalue weighted by molar-refractivity contribution is 7.89. The van der Waals surface area contributed by atoms with Crippen LogP contribution in [-0.4, -0.2) is 26.4 Å². The third kappa shape index (κ3) is 4.79. The van der Waals surface area contributed by atoms with Crippen LogP contribution in [0.15, 0.2) is 23.1 Å².